The van der Waals surface area contributed by atoms with E-state index in [4.69, 9.17) is 0 Å². The fourth-order valence-electron chi connectivity index (χ4n) is 3.16. The molecule has 1 fully saturated rings. The van der Waals surface area contributed by atoms with Gasteiger partial charge in [0, 0.05) is 32.0 Å². The molecule has 1 saturated heterocycles. The molecule has 0 aliphatic carbocycles. The minimum atomic E-state index is -3.60. The van der Waals surface area contributed by atoms with Gasteiger partial charge < -0.3 is 9.47 Å². The van der Waals surface area contributed by atoms with Crippen molar-refractivity contribution in [1.82, 2.24) is 13.9 Å². The second kappa shape index (κ2) is 7.82. The molecule has 0 saturated carbocycles. The van der Waals surface area contributed by atoms with E-state index in [0.717, 1.165) is 24.1 Å². The number of piperidine rings is 1. The van der Waals surface area contributed by atoms with Gasteiger partial charge in [0.05, 0.1) is 6.33 Å². The fraction of sp³-hybridized carbons (Fsp3) is 0.474. The minimum absolute atomic E-state index is 0.00283. The number of rotatable bonds is 5. The Morgan fingerprint density at radius 1 is 1.30 bits per heavy atom. The van der Waals surface area contributed by atoms with Crippen LogP contribution in [0.4, 0.5) is 5.69 Å². The number of imidazole rings is 1. The summed E-state index contributed by atoms with van der Waals surface area (Å²) in [4.78, 5) is 18.1. The highest BCUT2D eigenvalue weighted by Gasteiger charge is 2.30. The Labute approximate surface area is 160 Å². The molecule has 27 heavy (non-hydrogen) atoms. The Morgan fingerprint density at radius 3 is 2.67 bits per heavy atom. The first-order chi connectivity index (χ1) is 12.8. The molecule has 3 rings (SSSR count). The lowest BCUT2D eigenvalue weighted by molar-refractivity contribution is -0.118. The number of hydrogen-bond acceptors (Lipinski definition) is 4. The monoisotopic (exact) mass is 390 g/mol. The molecule has 1 aliphatic rings. The van der Waals surface area contributed by atoms with Crippen molar-refractivity contribution in [1.29, 1.82) is 0 Å². The molecule has 0 spiro atoms. The summed E-state index contributed by atoms with van der Waals surface area (Å²) in [6.07, 6.45) is 4.57. The van der Waals surface area contributed by atoms with Crippen molar-refractivity contribution in [2.24, 2.45) is 5.92 Å². The lowest BCUT2D eigenvalue weighted by atomic mass is 10.0. The van der Waals surface area contributed by atoms with Crippen molar-refractivity contribution < 1.29 is 13.2 Å². The van der Waals surface area contributed by atoms with Gasteiger partial charge in [-0.1, -0.05) is 19.1 Å². The van der Waals surface area contributed by atoms with E-state index in [2.05, 4.69) is 11.9 Å². The molecule has 146 valence electrons. The lowest BCUT2D eigenvalue weighted by Crippen LogP contribution is -2.38. The molecule has 2 aromatic rings. The number of carbonyl (C=O) groups excluding carboxylic acids is 1. The normalized spacial score (nSPS) is 16.4. The summed E-state index contributed by atoms with van der Waals surface area (Å²) in [5.74, 6) is 0.400. The highest BCUT2D eigenvalue weighted by Crippen LogP contribution is 2.22. The molecule has 1 aliphatic heterocycles. The minimum Gasteiger partial charge on any atom is -0.327 e. The number of hydrogen-bond donors (Lipinski definition) is 0. The lowest BCUT2D eigenvalue weighted by Gasteiger charge is -2.28. The van der Waals surface area contributed by atoms with Gasteiger partial charge in [0.15, 0.2) is 5.03 Å². The molecule has 0 radical (unpaired) electrons. The summed E-state index contributed by atoms with van der Waals surface area (Å²) in [6, 6.07) is 7.66. The largest absolute Gasteiger partial charge is 0.327 e. The summed E-state index contributed by atoms with van der Waals surface area (Å²) in [7, 11) is -1.89. The SMILES string of the molecule is Cc1cccc(N(C)C(=O)Cn2cnc(S(=O)(=O)N3CCC(C)CC3)c2)c1. The Bertz CT molecular complexity index is 915. The number of amides is 1. The van der Waals surface area contributed by atoms with E-state index in [-0.39, 0.29) is 17.5 Å². The Kier molecular flexibility index (Phi) is 5.67. The zero-order chi connectivity index (χ0) is 19.6. The third kappa shape index (κ3) is 4.39. The number of likely N-dealkylation sites (N-methyl/N-ethyl adjacent to an activating group) is 1. The average Bonchev–Trinajstić information content (AvgIpc) is 3.10. The predicted octanol–water partition coefficient (Wildman–Crippen LogP) is 2.28. The second-order valence-corrected chi connectivity index (χ2v) is 9.15. The van der Waals surface area contributed by atoms with Gasteiger partial charge in [-0.25, -0.2) is 13.4 Å². The third-order valence-corrected chi connectivity index (χ3v) is 6.82. The van der Waals surface area contributed by atoms with Gasteiger partial charge in [-0.3, -0.25) is 4.79 Å². The van der Waals surface area contributed by atoms with Crippen molar-refractivity contribution in [2.75, 3.05) is 25.0 Å². The highest BCUT2D eigenvalue weighted by atomic mass is 32.2. The van der Waals surface area contributed by atoms with Crippen LogP contribution in [0.2, 0.25) is 0 Å². The van der Waals surface area contributed by atoms with Gasteiger partial charge in [0.25, 0.3) is 10.0 Å². The summed E-state index contributed by atoms with van der Waals surface area (Å²) >= 11 is 0. The molecule has 2 heterocycles. The molecular weight excluding hydrogens is 364 g/mol. The van der Waals surface area contributed by atoms with Crippen molar-refractivity contribution in [3.63, 3.8) is 0 Å². The quantitative estimate of drug-likeness (QED) is 0.785. The van der Waals surface area contributed by atoms with E-state index in [1.807, 2.05) is 31.2 Å². The zero-order valence-corrected chi connectivity index (χ0v) is 16.8. The topological polar surface area (TPSA) is 75.5 Å². The average molecular weight is 391 g/mol. The maximum Gasteiger partial charge on any atom is 0.262 e. The summed E-state index contributed by atoms with van der Waals surface area (Å²) in [5, 5.41) is 0.00283. The van der Waals surface area contributed by atoms with E-state index in [9.17, 15) is 13.2 Å². The van der Waals surface area contributed by atoms with Gasteiger partial charge in [-0.2, -0.15) is 4.31 Å². The number of carbonyl (C=O) groups is 1. The number of sulfonamides is 1. The van der Waals surface area contributed by atoms with Crippen molar-refractivity contribution in [3.05, 3.63) is 42.4 Å². The number of benzene rings is 1. The van der Waals surface area contributed by atoms with E-state index in [1.54, 1.807) is 11.9 Å². The second-order valence-electron chi connectivity index (χ2n) is 7.26. The summed E-state index contributed by atoms with van der Waals surface area (Å²) < 4.78 is 28.5. The van der Waals surface area contributed by atoms with Crippen LogP contribution in [0.1, 0.15) is 25.3 Å². The third-order valence-electron chi connectivity index (χ3n) is 5.04. The zero-order valence-electron chi connectivity index (χ0n) is 16.0. The molecular formula is C19H26N4O3S. The highest BCUT2D eigenvalue weighted by molar-refractivity contribution is 7.89. The van der Waals surface area contributed by atoms with Crippen LogP contribution in [-0.4, -0.2) is 48.3 Å². The van der Waals surface area contributed by atoms with Crippen LogP contribution in [0, 0.1) is 12.8 Å². The molecule has 7 nitrogen and oxygen atoms in total. The predicted molar refractivity (Wildman–Crippen MR) is 104 cm³/mol. The van der Waals surface area contributed by atoms with Gasteiger partial charge in [-0.05, 0) is 43.4 Å². The van der Waals surface area contributed by atoms with E-state index in [1.165, 1.54) is 21.4 Å². The Morgan fingerprint density at radius 2 is 2.00 bits per heavy atom. The molecule has 0 bridgehead atoms. The number of nitrogens with zero attached hydrogens (tertiary/aromatic N) is 4. The Hall–Kier alpha value is -2.19. The van der Waals surface area contributed by atoms with E-state index >= 15 is 0 Å². The summed E-state index contributed by atoms with van der Waals surface area (Å²) in [6.45, 7) is 5.17. The van der Waals surface area contributed by atoms with Crippen LogP contribution in [0.25, 0.3) is 0 Å². The smallest absolute Gasteiger partial charge is 0.262 e. The summed E-state index contributed by atoms with van der Waals surface area (Å²) in [5.41, 5.74) is 1.87. The van der Waals surface area contributed by atoms with Crippen molar-refractivity contribution in [3.8, 4) is 0 Å². The molecule has 0 unspecified atom stereocenters. The first-order valence-electron chi connectivity index (χ1n) is 9.12. The fourth-order valence-corrected chi connectivity index (χ4v) is 4.56. The van der Waals surface area contributed by atoms with Crippen LogP contribution < -0.4 is 4.90 Å². The van der Waals surface area contributed by atoms with Crippen molar-refractivity contribution in [2.45, 2.75) is 38.3 Å². The van der Waals surface area contributed by atoms with Crippen LogP contribution >= 0.6 is 0 Å². The standard InChI is InChI=1S/C19H26N4O3S/c1-15-7-9-23(10-8-15)27(25,26)18-12-22(14-20-18)13-19(24)21(3)17-6-4-5-16(2)11-17/h4-6,11-12,14-15H,7-10,13H2,1-3H3. The molecule has 8 heteroatoms. The maximum atomic E-state index is 12.7. The van der Waals surface area contributed by atoms with Gasteiger partial charge in [-0.15, -0.1) is 0 Å². The molecule has 0 N–H and O–H groups in total. The Balaban J connectivity index is 1.69. The number of aromatic nitrogens is 2. The van der Waals surface area contributed by atoms with Gasteiger partial charge in [0.2, 0.25) is 5.91 Å². The van der Waals surface area contributed by atoms with Gasteiger partial charge >= 0.3 is 0 Å². The molecule has 0 atom stereocenters. The van der Waals surface area contributed by atoms with E-state index < -0.39 is 10.0 Å². The maximum absolute atomic E-state index is 12.7. The number of anilines is 1. The first-order valence-corrected chi connectivity index (χ1v) is 10.6. The molecule has 1 aromatic carbocycles. The van der Waals surface area contributed by atoms with E-state index in [0.29, 0.717) is 19.0 Å². The molecule has 1 amide bonds. The van der Waals surface area contributed by atoms with Crippen LogP contribution in [0.15, 0.2) is 41.8 Å². The molecule has 1 aromatic heterocycles. The van der Waals surface area contributed by atoms with Crippen LogP contribution in [0.3, 0.4) is 0 Å². The number of aryl methyl sites for hydroxylation is 1. The van der Waals surface area contributed by atoms with Crippen LogP contribution in [-0.2, 0) is 21.4 Å². The van der Waals surface area contributed by atoms with Crippen LogP contribution in [0.5, 0.6) is 0 Å². The van der Waals surface area contributed by atoms with Gasteiger partial charge in [0.1, 0.15) is 6.54 Å². The van der Waals surface area contributed by atoms with Crippen molar-refractivity contribution >= 4 is 21.6 Å². The first kappa shape index (κ1) is 19.6.